The summed E-state index contributed by atoms with van der Waals surface area (Å²) in [6, 6.07) is 12.1. The number of methoxy groups -OCH3 is 1. The Labute approximate surface area is 112 Å². The Kier molecular flexibility index (Phi) is 4.30. The maximum atomic E-state index is 13.3. The van der Waals surface area contributed by atoms with E-state index in [1.165, 1.54) is 12.1 Å². The summed E-state index contributed by atoms with van der Waals surface area (Å²) >= 11 is 0. The van der Waals surface area contributed by atoms with E-state index >= 15 is 0 Å². The summed E-state index contributed by atoms with van der Waals surface area (Å²) in [5.41, 5.74) is 3.14. The van der Waals surface area contributed by atoms with E-state index in [2.05, 4.69) is 0 Å². The number of ether oxygens (including phenoxy) is 1. The standard InChI is InChI=1S/C16H17FO2/c1-11-7-14(9-15(17)8-11)16(18)13-5-3-12(4-6-13)10-19-2/h3-9,16,18H,10H2,1-2H3. The van der Waals surface area contributed by atoms with E-state index in [9.17, 15) is 9.50 Å². The van der Waals surface area contributed by atoms with Crippen molar-refractivity contribution >= 4 is 0 Å². The van der Waals surface area contributed by atoms with Crippen LogP contribution in [0.1, 0.15) is 28.4 Å². The molecule has 0 aliphatic carbocycles. The van der Waals surface area contributed by atoms with Gasteiger partial charge in [-0.2, -0.15) is 0 Å². The Hall–Kier alpha value is -1.71. The fourth-order valence-corrected chi connectivity index (χ4v) is 2.08. The molecule has 2 nitrogen and oxygen atoms in total. The Morgan fingerprint density at radius 1 is 1.11 bits per heavy atom. The molecule has 0 aliphatic rings. The van der Waals surface area contributed by atoms with Crippen LogP contribution in [0.2, 0.25) is 0 Å². The van der Waals surface area contributed by atoms with Crippen molar-refractivity contribution in [2.24, 2.45) is 0 Å². The highest BCUT2D eigenvalue weighted by atomic mass is 19.1. The lowest BCUT2D eigenvalue weighted by molar-refractivity contribution is 0.184. The SMILES string of the molecule is COCc1ccc(C(O)c2cc(C)cc(F)c2)cc1. The van der Waals surface area contributed by atoms with Gasteiger partial charge in [-0.25, -0.2) is 4.39 Å². The summed E-state index contributed by atoms with van der Waals surface area (Å²) in [5.74, 6) is -0.329. The van der Waals surface area contributed by atoms with Gasteiger partial charge < -0.3 is 9.84 Å². The van der Waals surface area contributed by atoms with Gasteiger partial charge in [0.2, 0.25) is 0 Å². The zero-order valence-corrected chi connectivity index (χ0v) is 11.1. The van der Waals surface area contributed by atoms with Crippen molar-refractivity contribution < 1.29 is 14.2 Å². The molecule has 2 aromatic carbocycles. The summed E-state index contributed by atoms with van der Waals surface area (Å²) in [4.78, 5) is 0. The minimum absolute atomic E-state index is 0.329. The predicted molar refractivity (Wildman–Crippen MR) is 72.4 cm³/mol. The summed E-state index contributed by atoms with van der Waals surface area (Å²) in [7, 11) is 1.64. The monoisotopic (exact) mass is 260 g/mol. The van der Waals surface area contributed by atoms with Gasteiger partial charge in [-0.05, 0) is 41.3 Å². The predicted octanol–water partition coefficient (Wildman–Crippen LogP) is 3.36. The zero-order chi connectivity index (χ0) is 13.8. The first-order chi connectivity index (χ1) is 9.10. The normalized spacial score (nSPS) is 12.4. The van der Waals surface area contributed by atoms with Crippen molar-refractivity contribution in [1.29, 1.82) is 0 Å². The lowest BCUT2D eigenvalue weighted by Crippen LogP contribution is -2.01. The third-order valence-electron chi connectivity index (χ3n) is 2.99. The third-order valence-corrected chi connectivity index (χ3v) is 2.99. The minimum atomic E-state index is -0.814. The second-order valence-corrected chi connectivity index (χ2v) is 4.64. The number of aryl methyl sites for hydroxylation is 1. The highest BCUT2D eigenvalue weighted by Gasteiger charge is 2.11. The Bertz CT molecular complexity index is 529. The molecule has 0 heterocycles. The molecule has 0 saturated carbocycles. The van der Waals surface area contributed by atoms with Crippen LogP contribution in [0.3, 0.4) is 0 Å². The van der Waals surface area contributed by atoms with Gasteiger partial charge in [-0.3, -0.25) is 0 Å². The van der Waals surface area contributed by atoms with Crippen LogP contribution in [0.25, 0.3) is 0 Å². The van der Waals surface area contributed by atoms with E-state index in [0.717, 1.165) is 16.7 Å². The molecule has 2 aromatic rings. The molecule has 0 bridgehead atoms. The molecule has 0 fully saturated rings. The Morgan fingerprint density at radius 3 is 2.37 bits per heavy atom. The molecular formula is C16H17FO2. The lowest BCUT2D eigenvalue weighted by Gasteiger charge is -2.13. The highest BCUT2D eigenvalue weighted by molar-refractivity contribution is 5.34. The van der Waals surface area contributed by atoms with Gasteiger partial charge in [-0.15, -0.1) is 0 Å². The molecular weight excluding hydrogens is 243 g/mol. The van der Waals surface area contributed by atoms with Crippen LogP contribution in [0.5, 0.6) is 0 Å². The zero-order valence-electron chi connectivity index (χ0n) is 11.1. The largest absolute Gasteiger partial charge is 0.384 e. The second kappa shape index (κ2) is 5.95. The molecule has 1 N–H and O–H groups in total. The summed E-state index contributed by atoms with van der Waals surface area (Å²) < 4.78 is 18.4. The van der Waals surface area contributed by atoms with E-state index in [1.54, 1.807) is 20.1 Å². The number of rotatable bonds is 4. The van der Waals surface area contributed by atoms with Gasteiger partial charge in [0.1, 0.15) is 11.9 Å². The molecule has 0 spiro atoms. The summed E-state index contributed by atoms with van der Waals surface area (Å²) in [5, 5.41) is 10.3. The maximum absolute atomic E-state index is 13.3. The number of benzene rings is 2. The smallest absolute Gasteiger partial charge is 0.123 e. The average molecular weight is 260 g/mol. The van der Waals surface area contributed by atoms with Crippen molar-refractivity contribution in [2.45, 2.75) is 19.6 Å². The highest BCUT2D eigenvalue weighted by Crippen LogP contribution is 2.24. The molecule has 3 heteroatoms. The van der Waals surface area contributed by atoms with Crippen LogP contribution in [0, 0.1) is 12.7 Å². The molecule has 19 heavy (non-hydrogen) atoms. The average Bonchev–Trinajstić information content (AvgIpc) is 2.38. The molecule has 0 saturated heterocycles. The van der Waals surface area contributed by atoms with E-state index in [-0.39, 0.29) is 5.82 Å². The van der Waals surface area contributed by atoms with Crippen LogP contribution in [-0.2, 0) is 11.3 Å². The second-order valence-electron chi connectivity index (χ2n) is 4.64. The van der Waals surface area contributed by atoms with E-state index in [4.69, 9.17) is 4.74 Å². The van der Waals surface area contributed by atoms with E-state index in [1.807, 2.05) is 24.3 Å². The van der Waals surface area contributed by atoms with Crippen molar-refractivity contribution in [3.63, 3.8) is 0 Å². The fraction of sp³-hybridized carbons (Fsp3) is 0.250. The van der Waals surface area contributed by atoms with Crippen LogP contribution in [-0.4, -0.2) is 12.2 Å². The van der Waals surface area contributed by atoms with Crippen LogP contribution < -0.4 is 0 Å². The molecule has 0 aliphatic heterocycles. The van der Waals surface area contributed by atoms with Crippen LogP contribution >= 0.6 is 0 Å². The van der Waals surface area contributed by atoms with Gasteiger partial charge in [0, 0.05) is 7.11 Å². The topological polar surface area (TPSA) is 29.5 Å². The first-order valence-corrected chi connectivity index (χ1v) is 6.13. The molecule has 100 valence electrons. The van der Waals surface area contributed by atoms with E-state index < -0.39 is 6.10 Å². The Balaban J connectivity index is 2.25. The maximum Gasteiger partial charge on any atom is 0.123 e. The first-order valence-electron chi connectivity index (χ1n) is 6.13. The molecule has 1 unspecified atom stereocenters. The van der Waals surface area contributed by atoms with Crippen molar-refractivity contribution in [3.8, 4) is 0 Å². The van der Waals surface area contributed by atoms with Crippen molar-refractivity contribution in [1.82, 2.24) is 0 Å². The molecule has 1 atom stereocenters. The van der Waals surface area contributed by atoms with Crippen molar-refractivity contribution in [2.75, 3.05) is 7.11 Å². The van der Waals surface area contributed by atoms with Crippen LogP contribution in [0.15, 0.2) is 42.5 Å². The van der Waals surface area contributed by atoms with Gasteiger partial charge in [-0.1, -0.05) is 30.3 Å². The number of aliphatic hydroxyl groups excluding tert-OH is 1. The van der Waals surface area contributed by atoms with Gasteiger partial charge in [0.25, 0.3) is 0 Å². The van der Waals surface area contributed by atoms with Crippen molar-refractivity contribution in [3.05, 3.63) is 70.5 Å². The number of hydrogen-bond donors (Lipinski definition) is 1. The fourth-order valence-electron chi connectivity index (χ4n) is 2.08. The third kappa shape index (κ3) is 3.40. The number of hydrogen-bond acceptors (Lipinski definition) is 2. The molecule has 2 rings (SSSR count). The molecule has 0 amide bonds. The van der Waals surface area contributed by atoms with Gasteiger partial charge >= 0.3 is 0 Å². The molecule has 0 aromatic heterocycles. The number of halogens is 1. The molecule has 0 radical (unpaired) electrons. The van der Waals surface area contributed by atoms with Crippen LogP contribution in [0.4, 0.5) is 4.39 Å². The first kappa shape index (κ1) is 13.7. The quantitative estimate of drug-likeness (QED) is 0.913. The van der Waals surface area contributed by atoms with Gasteiger partial charge in [0.15, 0.2) is 0 Å². The minimum Gasteiger partial charge on any atom is -0.384 e. The summed E-state index contributed by atoms with van der Waals surface area (Å²) in [6.07, 6.45) is -0.814. The number of aliphatic hydroxyl groups is 1. The Morgan fingerprint density at radius 2 is 1.79 bits per heavy atom. The lowest BCUT2D eigenvalue weighted by atomic mass is 9.99. The van der Waals surface area contributed by atoms with E-state index in [0.29, 0.717) is 12.2 Å². The summed E-state index contributed by atoms with van der Waals surface area (Å²) in [6.45, 7) is 2.34. The van der Waals surface area contributed by atoms with Gasteiger partial charge in [0.05, 0.1) is 6.61 Å².